The van der Waals surface area contributed by atoms with Crippen molar-refractivity contribution in [1.82, 2.24) is 4.90 Å². The lowest BCUT2D eigenvalue weighted by Gasteiger charge is -2.43. The topological polar surface area (TPSA) is 87.1 Å². The van der Waals surface area contributed by atoms with Gasteiger partial charge in [0.15, 0.2) is 0 Å². The lowest BCUT2D eigenvalue weighted by atomic mass is 9.54. The minimum Gasteiger partial charge on any atom is -0.507 e. The van der Waals surface area contributed by atoms with Crippen molar-refractivity contribution >= 4 is 18.9 Å². The second-order valence-corrected chi connectivity index (χ2v) is 9.62. The van der Waals surface area contributed by atoms with Crippen molar-refractivity contribution in [2.45, 2.75) is 60.0 Å². The van der Waals surface area contributed by atoms with E-state index in [4.69, 9.17) is 4.65 Å². The summed E-state index contributed by atoms with van der Waals surface area (Å²) in [6, 6.07) is 3.76. The zero-order valence-corrected chi connectivity index (χ0v) is 19.0. The van der Waals surface area contributed by atoms with Gasteiger partial charge in [0.05, 0.1) is 17.9 Å². The molecular formula is C24H32BNO5. The summed E-state index contributed by atoms with van der Waals surface area (Å²) in [6.07, 6.45) is 1.38. The summed E-state index contributed by atoms with van der Waals surface area (Å²) in [7, 11) is -1.10. The van der Waals surface area contributed by atoms with Gasteiger partial charge < -0.3 is 14.8 Å². The first-order valence-electron chi connectivity index (χ1n) is 11.4. The molecule has 1 aliphatic carbocycles. The van der Waals surface area contributed by atoms with Crippen molar-refractivity contribution in [3.05, 3.63) is 39.9 Å². The van der Waals surface area contributed by atoms with E-state index in [1.54, 1.807) is 0 Å². The molecule has 0 bridgehead atoms. The zero-order valence-electron chi connectivity index (χ0n) is 19.0. The van der Waals surface area contributed by atoms with E-state index in [9.17, 15) is 19.7 Å². The summed E-state index contributed by atoms with van der Waals surface area (Å²) in [5.74, 6) is -0.758. The van der Waals surface area contributed by atoms with Gasteiger partial charge in [-0.2, -0.15) is 0 Å². The Bertz CT molecular complexity index is 932. The van der Waals surface area contributed by atoms with Gasteiger partial charge in [0.25, 0.3) is 0 Å². The molecule has 2 N–H and O–H groups in total. The molecule has 2 saturated heterocycles. The summed E-state index contributed by atoms with van der Waals surface area (Å²) in [4.78, 5) is 27.8. The Labute approximate surface area is 184 Å². The number of benzene rings is 1. The second kappa shape index (κ2) is 8.10. The Hall–Kier alpha value is -2.12. The summed E-state index contributed by atoms with van der Waals surface area (Å²) in [5, 5.41) is 21.2. The monoisotopic (exact) mass is 425 g/mol. The van der Waals surface area contributed by atoms with Crippen molar-refractivity contribution in [2.24, 2.45) is 23.7 Å². The second-order valence-electron chi connectivity index (χ2n) is 9.62. The highest BCUT2D eigenvalue weighted by atomic mass is 16.5. The molecule has 2 aliphatic heterocycles. The summed E-state index contributed by atoms with van der Waals surface area (Å²) < 4.78 is 6.06. The van der Waals surface area contributed by atoms with Gasteiger partial charge in [-0.05, 0) is 79.2 Å². The molecule has 31 heavy (non-hydrogen) atoms. The van der Waals surface area contributed by atoms with Crippen molar-refractivity contribution in [3.63, 3.8) is 0 Å². The summed E-state index contributed by atoms with van der Waals surface area (Å²) >= 11 is 0. The molecular weight excluding hydrogens is 393 g/mol. The molecule has 0 unspecified atom stereocenters. The van der Waals surface area contributed by atoms with Crippen molar-refractivity contribution in [2.75, 3.05) is 6.54 Å². The number of hydrogen-bond donors (Lipinski definition) is 2. The maximum absolute atomic E-state index is 13.3. The number of likely N-dealkylation sites (tertiary alicyclic amines) is 1. The molecule has 2 amide bonds. The molecule has 0 spiro atoms. The van der Waals surface area contributed by atoms with Crippen LogP contribution >= 0.6 is 0 Å². The van der Waals surface area contributed by atoms with Crippen LogP contribution in [0.25, 0.3) is 0 Å². The van der Waals surface area contributed by atoms with E-state index in [0.29, 0.717) is 19.4 Å². The third kappa shape index (κ3) is 3.52. The molecule has 0 aromatic heterocycles. The molecule has 0 saturated carbocycles. The number of amides is 2. The van der Waals surface area contributed by atoms with Crippen LogP contribution in [0.15, 0.2) is 23.2 Å². The molecule has 7 heteroatoms. The number of nitrogens with zero attached hydrogens (tertiary/aromatic N) is 1. The number of allylic oxidation sites excluding steroid dienone is 2. The fourth-order valence-electron chi connectivity index (χ4n) is 5.80. The number of phenols is 1. The van der Waals surface area contributed by atoms with Crippen LogP contribution < -0.4 is 0 Å². The molecule has 2 fully saturated rings. The van der Waals surface area contributed by atoms with Crippen LogP contribution in [0, 0.1) is 37.5 Å². The van der Waals surface area contributed by atoms with Crippen LogP contribution in [0.3, 0.4) is 0 Å². The number of fused-ring (bicyclic) bond motifs is 3. The number of rotatable bonds is 4. The number of hydrogen-bond acceptors (Lipinski definition) is 5. The fourth-order valence-corrected chi connectivity index (χ4v) is 5.80. The van der Waals surface area contributed by atoms with Gasteiger partial charge in [-0.25, -0.2) is 0 Å². The number of carbonyl (C=O) groups excluding carboxylic acids is 2. The Balaban J connectivity index is 1.76. The number of aryl methyl sites for hydroxylation is 2. The molecule has 0 radical (unpaired) electrons. The van der Waals surface area contributed by atoms with Gasteiger partial charge in [0.2, 0.25) is 11.8 Å². The average molecular weight is 425 g/mol. The van der Waals surface area contributed by atoms with E-state index in [2.05, 4.69) is 13.8 Å². The van der Waals surface area contributed by atoms with Crippen LogP contribution in [0.2, 0.25) is 0 Å². The standard InChI is InChI=1S/C24H32BNO5/c1-6-7-26-23(28)18-10-16(12(2)3)21-17(20(18)24(26)29)11-19(31-25(21)30)15-8-13(4)22(27)14(5)9-15/h8-9,12,17-20,27,30H,6-7,10-11H2,1-5H3/t17-,18-,19-,20+/m0/s1. The van der Waals surface area contributed by atoms with E-state index in [0.717, 1.165) is 34.2 Å². The molecule has 4 rings (SSSR count). The van der Waals surface area contributed by atoms with Gasteiger partial charge >= 0.3 is 7.12 Å². The largest absolute Gasteiger partial charge is 0.507 e. The molecule has 1 aromatic rings. The van der Waals surface area contributed by atoms with Crippen LogP contribution in [0.5, 0.6) is 5.75 Å². The fraction of sp³-hybridized carbons (Fsp3) is 0.583. The van der Waals surface area contributed by atoms with E-state index in [1.165, 1.54) is 4.90 Å². The van der Waals surface area contributed by atoms with Crippen LogP contribution in [-0.2, 0) is 14.2 Å². The average Bonchev–Trinajstić information content (AvgIpc) is 2.96. The highest BCUT2D eigenvalue weighted by Crippen LogP contribution is 2.52. The number of imide groups is 1. The zero-order chi connectivity index (χ0) is 22.6. The van der Waals surface area contributed by atoms with Crippen LogP contribution in [0.1, 0.15) is 62.8 Å². The van der Waals surface area contributed by atoms with Gasteiger partial charge in [-0.3, -0.25) is 14.5 Å². The molecule has 6 nitrogen and oxygen atoms in total. The van der Waals surface area contributed by atoms with Gasteiger partial charge in [0, 0.05) is 6.54 Å². The Morgan fingerprint density at radius 2 is 1.81 bits per heavy atom. The van der Waals surface area contributed by atoms with Crippen LogP contribution in [-0.4, -0.2) is 40.5 Å². The van der Waals surface area contributed by atoms with Gasteiger partial charge in [-0.15, -0.1) is 0 Å². The lowest BCUT2D eigenvalue weighted by Crippen LogP contribution is -2.45. The number of carbonyl (C=O) groups is 2. The predicted molar refractivity (Wildman–Crippen MR) is 118 cm³/mol. The molecule has 4 atom stereocenters. The maximum atomic E-state index is 13.3. The molecule has 3 aliphatic rings. The van der Waals surface area contributed by atoms with E-state index >= 15 is 0 Å². The van der Waals surface area contributed by atoms with E-state index in [-0.39, 0.29) is 35.3 Å². The minimum absolute atomic E-state index is 0.0668. The lowest BCUT2D eigenvalue weighted by molar-refractivity contribution is -0.140. The first-order valence-corrected chi connectivity index (χ1v) is 11.4. The first-order chi connectivity index (χ1) is 14.6. The van der Waals surface area contributed by atoms with E-state index < -0.39 is 19.1 Å². The molecule has 1 aromatic carbocycles. The number of aromatic hydroxyl groups is 1. The highest BCUT2D eigenvalue weighted by molar-refractivity contribution is 6.53. The molecule has 166 valence electrons. The van der Waals surface area contributed by atoms with Crippen molar-refractivity contribution < 1.29 is 24.4 Å². The highest BCUT2D eigenvalue weighted by Gasteiger charge is 2.57. The molecule has 2 heterocycles. The normalized spacial score (nSPS) is 28.5. The third-order valence-electron chi connectivity index (χ3n) is 7.27. The Morgan fingerprint density at radius 3 is 2.39 bits per heavy atom. The SMILES string of the molecule is CCCN1C(=O)[C@H]2[C@H](CC(C(C)C)=C3B(O)O[C@H](c4cc(C)c(O)c(C)c4)C[C@H]32)C1=O. The van der Waals surface area contributed by atoms with E-state index in [1.807, 2.05) is 32.9 Å². The van der Waals surface area contributed by atoms with Gasteiger partial charge in [0.1, 0.15) is 5.75 Å². The Kier molecular flexibility index (Phi) is 5.77. The maximum Gasteiger partial charge on any atom is 0.487 e. The quantitative estimate of drug-likeness (QED) is 0.570. The predicted octanol–water partition coefficient (Wildman–Crippen LogP) is 3.47. The van der Waals surface area contributed by atoms with Crippen molar-refractivity contribution in [1.29, 1.82) is 0 Å². The Morgan fingerprint density at radius 1 is 1.16 bits per heavy atom. The smallest absolute Gasteiger partial charge is 0.487 e. The third-order valence-corrected chi connectivity index (χ3v) is 7.27. The minimum atomic E-state index is -1.10. The summed E-state index contributed by atoms with van der Waals surface area (Å²) in [5.41, 5.74) is 4.23. The first kappa shape index (κ1) is 22.1. The van der Waals surface area contributed by atoms with Crippen LogP contribution in [0.4, 0.5) is 0 Å². The van der Waals surface area contributed by atoms with Gasteiger partial charge in [-0.1, -0.05) is 26.3 Å². The van der Waals surface area contributed by atoms with Crippen molar-refractivity contribution in [3.8, 4) is 5.75 Å². The summed E-state index contributed by atoms with van der Waals surface area (Å²) in [6.45, 7) is 10.2. The number of phenolic OH excluding ortho intramolecular Hbond substituents is 1.